The summed E-state index contributed by atoms with van der Waals surface area (Å²) in [5, 5.41) is 3.93. The van der Waals surface area contributed by atoms with Crippen molar-refractivity contribution in [2.24, 2.45) is 5.92 Å². The monoisotopic (exact) mass is 570 g/mol. The van der Waals surface area contributed by atoms with Gasteiger partial charge in [-0.3, -0.25) is 19.7 Å². The average molecular weight is 571 g/mol. The van der Waals surface area contributed by atoms with Gasteiger partial charge in [-0.1, -0.05) is 17.7 Å². The van der Waals surface area contributed by atoms with Crippen molar-refractivity contribution in [2.75, 3.05) is 29.9 Å². The normalized spacial score (nSPS) is 15.9. The van der Waals surface area contributed by atoms with Gasteiger partial charge in [-0.15, -0.1) is 11.3 Å². The van der Waals surface area contributed by atoms with Crippen LogP contribution in [0.5, 0.6) is 0 Å². The zero-order valence-corrected chi connectivity index (χ0v) is 21.2. The molecule has 0 bridgehead atoms. The fourth-order valence-corrected chi connectivity index (χ4v) is 4.83. The van der Waals surface area contributed by atoms with Crippen LogP contribution in [0.3, 0.4) is 0 Å². The van der Waals surface area contributed by atoms with Crippen LogP contribution in [0.1, 0.15) is 29.3 Å². The largest absolute Gasteiger partial charge is 0.465 e. The number of Topliss-reactive ketones (excluding diaryl/α,β-unsaturated/α-hetero) is 1. The number of nitrogens with one attached hydrogen (secondary N) is 1. The Labute approximate surface area is 222 Å². The molecule has 3 aromatic rings. The van der Waals surface area contributed by atoms with Crippen LogP contribution in [0.2, 0.25) is 5.02 Å². The van der Waals surface area contributed by atoms with E-state index >= 15 is 0 Å². The number of benzene rings is 1. The van der Waals surface area contributed by atoms with E-state index in [1.54, 1.807) is 11.8 Å². The highest BCUT2D eigenvalue weighted by Crippen LogP contribution is 2.36. The molecule has 2 aromatic heterocycles. The Morgan fingerprint density at radius 2 is 2.08 bits per heavy atom. The summed E-state index contributed by atoms with van der Waals surface area (Å²) in [6.07, 6.45) is -3.52. The van der Waals surface area contributed by atoms with Crippen LogP contribution in [0.15, 0.2) is 35.8 Å². The molecular formula is C24H19ClF4N4O4S. The number of ether oxygens (including phenoxy) is 1. The first-order valence-electron chi connectivity index (χ1n) is 11.2. The minimum absolute atomic E-state index is 0.0221. The van der Waals surface area contributed by atoms with Crippen LogP contribution in [0.25, 0.3) is 11.3 Å². The van der Waals surface area contributed by atoms with Gasteiger partial charge in [0.05, 0.1) is 28.5 Å². The van der Waals surface area contributed by atoms with Gasteiger partial charge in [0.1, 0.15) is 17.6 Å². The predicted molar refractivity (Wildman–Crippen MR) is 132 cm³/mol. The third kappa shape index (κ3) is 5.78. The number of amides is 1. The number of carbonyl (C=O) groups is 3. The number of nitrogens with zero attached hydrogens (tertiary/aromatic N) is 3. The quantitative estimate of drug-likeness (QED) is 0.246. The van der Waals surface area contributed by atoms with E-state index in [1.165, 1.54) is 17.6 Å². The Bertz CT molecular complexity index is 1400. The summed E-state index contributed by atoms with van der Waals surface area (Å²) >= 11 is 7.25. The molecule has 0 radical (unpaired) electrons. The molecule has 38 heavy (non-hydrogen) atoms. The third-order valence-corrected chi connectivity index (χ3v) is 6.71. The molecule has 1 atom stereocenters. The summed E-state index contributed by atoms with van der Waals surface area (Å²) in [6, 6.07) is 4.21. The fourth-order valence-electron chi connectivity index (χ4n) is 3.83. The van der Waals surface area contributed by atoms with Crippen molar-refractivity contribution in [3.05, 3.63) is 57.8 Å². The van der Waals surface area contributed by atoms with E-state index < -0.39 is 35.4 Å². The van der Waals surface area contributed by atoms with Gasteiger partial charge in [0.25, 0.3) is 5.91 Å². The van der Waals surface area contributed by atoms with Crippen molar-refractivity contribution in [3.63, 3.8) is 0 Å². The molecule has 1 unspecified atom stereocenters. The maximum atomic E-state index is 14.4. The van der Waals surface area contributed by atoms with E-state index in [0.717, 1.165) is 23.5 Å². The number of hydrogen-bond donors (Lipinski definition) is 1. The number of hydrogen-bond acceptors (Lipinski definition) is 8. The van der Waals surface area contributed by atoms with Crippen molar-refractivity contribution < 1.29 is 36.7 Å². The van der Waals surface area contributed by atoms with E-state index in [9.17, 15) is 31.9 Å². The second-order valence-electron chi connectivity index (χ2n) is 8.15. The Hall–Kier alpha value is -3.58. The van der Waals surface area contributed by atoms with Gasteiger partial charge in [-0.05, 0) is 25.1 Å². The van der Waals surface area contributed by atoms with Gasteiger partial charge in [0.15, 0.2) is 10.9 Å². The summed E-state index contributed by atoms with van der Waals surface area (Å²) < 4.78 is 58.5. The average Bonchev–Trinajstić information content (AvgIpc) is 3.32. The Kier molecular flexibility index (Phi) is 7.97. The lowest BCUT2D eigenvalue weighted by atomic mass is 9.96. The molecular weight excluding hydrogens is 552 g/mol. The highest BCUT2D eigenvalue weighted by Gasteiger charge is 2.36. The Morgan fingerprint density at radius 3 is 2.76 bits per heavy atom. The van der Waals surface area contributed by atoms with Crippen LogP contribution in [0.4, 0.5) is 28.5 Å². The summed E-state index contributed by atoms with van der Waals surface area (Å²) in [4.78, 5) is 46.9. The van der Waals surface area contributed by atoms with Crippen molar-refractivity contribution in [1.29, 1.82) is 0 Å². The highest BCUT2D eigenvalue weighted by molar-refractivity contribution is 7.14. The number of piperidine rings is 1. The molecule has 1 amide bonds. The van der Waals surface area contributed by atoms with Crippen molar-refractivity contribution >= 4 is 51.5 Å². The number of anilines is 2. The first-order valence-corrected chi connectivity index (χ1v) is 12.5. The molecule has 1 aliphatic rings. The minimum atomic E-state index is -4.87. The molecule has 1 fully saturated rings. The van der Waals surface area contributed by atoms with Crippen LogP contribution in [-0.2, 0) is 20.5 Å². The van der Waals surface area contributed by atoms with Gasteiger partial charge >= 0.3 is 12.1 Å². The number of pyridine rings is 1. The lowest BCUT2D eigenvalue weighted by Gasteiger charge is -2.32. The van der Waals surface area contributed by atoms with Crippen LogP contribution >= 0.6 is 22.9 Å². The smallest absolute Gasteiger partial charge is 0.419 e. The number of ketones is 1. The lowest BCUT2D eigenvalue weighted by Crippen LogP contribution is -2.45. The molecule has 14 heteroatoms. The Balaban J connectivity index is 1.48. The number of halogens is 5. The predicted octanol–water partition coefficient (Wildman–Crippen LogP) is 5.23. The van der Waals surface area contributed by atoms with Crippen molar-refractivity contribution in [2.45, 2.75) is 19.5 Å². The van der Waals surface area contributed by atoms with E-state index in [4.69, 9.17) is 16.3 Å². The Morgan fingerprint density at radius 1 is 1.32 bits per heavy atom. The molecule has 1 aliphatic heterocycles. The standard InChI is InChI=1S/C24H19ClF4N4O4S/c1-2-37-22(36)14-10-33(7-6-18(14)34)20-16(25)8-12(9-30-20)21(35)32-23-31-17(11-38-23)13-4-3-5-15(19(13)26)24(27,28)29/h3-5,8-9,11,14H,2,6-7,10H2,1H3,(H,31,32,35). The molecule has 4 rings (SSSR count). The van der Waals surface area contributed by atoms with Crippen molar-refractivity contribution in [3.8, 4) is 11.3 Å². The second-order valence-corrected chi connectivity index (χ2v) is 9.42. The number of alkyl halides is 3. The van der Waals surface area contributed by atoms with Gasteiger partial charge < -0.3 is 9.64 Å². The minimum Gasteiger partial charge on any atom is -0.465 e. The number of thiazole rings is 1. The number of aromatic nitrogens is 2. The van der Waals surface area contributed by atoms with Crippen LogP contribution in [0, 0.1) is 11.7 Å². The van der Waals surface area contributed by atoms with Crippen LogP contribution in [-0.4, -0.2) is 47.3 Å². The molecule has 0 aliphatic carbocycles. The first-order chi connectivity index (χ1) is 18.0. The second kappa shape index (κ2) is 11.0. The first kappa shape index (κ1) is 27.5. The molecule has 0 spiro atoms. The van der Waals surface area contributed by atoms with Crippen molar-refractivity contribution in [1.82, 2.24) is 9.97 Å². The van der Waals surface area contributed by atoms with E-state index in [-0.39, 0.29) is 64.7 Å². The van der Waals surface area contributed by atoms with E-state index in [2.05, 4.69) is 15.3 Å². The lowest BCUT2D eigenvalue weighted by molar-refractivity contribution is -0.151. The third-order valence-electron chi connectivity index (χ3n) is 5.68. The van der Waals surface area contributed by atoms with E-state index in [0.29, 0.717) is 6.07 Å². The van der Waals surface area contributed by atoms with Gasteiger partial charge in [-0.25, -0.2) is 14.4 Å². The molecule has 1 N–H and O–H groups in total. The molecule has 0 saturated carbocycles. The molecule has 1 aromatic carbocycles. The topological polar surface area (TPSA) is 101 Å². The molecule has 200 valence electrons. The van der Waals surface area contributed by atoms with Crippen LogP contribution < -0.4 is 10.2 Å². The number of carbonyl (C=O) groups excluding carboxylic acids is 3. The summed E-state index contributed by atoms with van der Waals surface area (Å²) in [6.45, 7) is 2.09. The zero-order chi connectivity index (χ0) is 27.6. The highest BCUT2D eigenvalue weighted by atomic mass is 35.5. The van der Waals surface area contributed by atoms with Gasteiger partial charge in [-0.2, -0.15) is 13.2 Å². The SMILES string of the molecule is CCOC(=O)C1CN(c2ncc(C(=O)Nc3nc(-c4cccc(C(F)(F)F)c4F)cs3)cc2Cl)CCC1=O. The number of esters is 1. The maximum absolute atomic E-state index is 14.4. The maximum Gasteiger partial charge on any atom is 0.419 e. The van der Waals surface area contributed by atoms with Gasteiger partial charge in [0, 0.05) is 36.7 Å². The number of rotatable bonds is 6. The summed E-state index contributed by atoms with van der Waals surface area (Å²) in [5.41, 5.74) is -1.79. The molecule has 8 nitrogen and oxygen atoms in total. The van der Waals surface area contributed by atoms with Gasteiger partial charge in [0.2, 0.25) is 0 Å². The zero-order valence-electron chi connectivity index (χ0n) is 19.6. The summed E-state index contributed by atoms with van der Waals surface area (Å²) in [7, 11) is 0. The van der Waals surface area contributed by atoms with E-state index in [1.807, 2.05) is 0 Å². The molecule has 1 saturated heterocycles. The molecule has 3 heterocycles. The summed E-state index contributed by atoms with van der Waals surface area (Å²) in [5.74, 6) is -3.66. The fraction of sp³-hybridized carbons (Fsp3) is 0.292.